The van der Waals surface area contributed by atoms with Gasteiger partial charge in [-0.1, -0.05) is 0 Å². The lowest BCUT2D eigenvalue weighted by Gasteiger charge is -2.18. The zero-order chi connectivity index (χ0) is 11.8. The number of methoxy groups -OCH3 is 1. The molecule has 0 unspecified atom stereocenters. The zero-order valence-corrected chi connectivity index (χ0v) is 10.4. The van der Waals surface area contributed by atoms with E-state index < -0.39 is 0 Å². The normalized spacial score (nSPS) is 10.4. The Morgan fingerprint density at radius 1 is 1.50 bits per heavy atom. The van der Waals surface area contributed by atoms with Crippen molar-refractivity contribution in [2.75, 3.05) is 39.3 Å². The molecule has 90 valence electrons. The molecule has 1 heterocycles. The average molecular weight is 223 g/mol. The Balaban J connectivity index is 2.53. The van der Waals surface area contributed by atoms with Crippen LogP contribution in [-0.4, -0.2) is 39.3 Å². The SMILES string of the molecule is CNCc1ccnc(N(C)CCCOC)c1. The van der Waals surface area contributed by atoms with Crippen molar-refractivity contribution in [1.82, 2.24) is 10.3 Å². The molecule has 16 heavy (non-hydrogen) atoms. The van der Waals surface area contributed by atoms with Crippen LogP contribution < -0.4 is 10.2 Å². The van der Waals surface area contributed by atoms with Crippen molar-refractivity contribution in [3.8, 4) is 0 Å². The molecule has 0 saturated heterocycles. The smallest absolute Gasteiger partial charge is 0.128 e. The Labute approximate surface area is 97.6 Å². The van der Waals surface area contributed by atoms with Gasteiger partial charge in [0.05, 0.1) is 0 Å². The molecule has 1 aromatic heterocycles. The third-order valence-electron chi connectivity index (χ3n) is 2.42. The lowest BCUT2D eigenvalue weighted by molar-refractivity contribution is 0.196. The van der Waals surface area contributed by atoms with Crippen molar-refractivity contribution in [1.29, 1.82) is 0 Å². The molecule has 1 N–H and O–H groups in total. The highest BCUT2D eigenvalue weighted by molar-refractivity contribution is 5.39. The van der Waals surface area contributed by atoms with Gasteiger partial charge < -0.3 is 15.0 Å². The summed E-state index contributed by atoms with van der Waals surface area (Å²) in [6.07, 6.45) is 2.87. The number of rotatable bonds is 7. The number of ether oxygens (including phenoxy) is 1. The van der Waals surface area contributed by atoms with Gasteiger partial charge in [0.2, 0.25) is 0 Å². The number of aromatic nitrogens is 1. The largest absolute Gasteiger partial charge is 0.385 e. The van der Waals surface area contributed by atoms with Gasteiger partial charge in [-0.25, -0.2) is 4.98 Å². The lowest BCUT2D eigenvalue weighted by atomic mass is 10.2. The highest BCUT2D eigenvalue weighted by atomic mass is 16.5. The maximum absolute atomic E-state index is 5.03. The van der Waals surface area contributed by atoms with Crippen LogP contribution >= 0.6 is 0 Å². The fourth-order valence-corrected chi connectivity index (χ4v) is 1.54. The molecule has 0 amide bonds. The van der Waals surface area contributed by atoms with E-state index in [-0.39, 0.29) is 0 Å². The molecule has 1 rings (SSSR count). The predicted octanol–water partition coefficient (Wildman–Crippen LogP) is 1.27. The first-order valence-electron chi connectivity index (χ1n) is 5.57. The molecule has 0 bridgehead atoms. The Bertz CT molecular complexity index is 304. The molecule has 0 saturated carbocycles. The van der Waals surface area contributed by atoms with Crippen LogP contribution in [0.2, 0.25) is 0 Å². The molecule has 0 radical (unpaired) electrons. The highest BCUT2D eigenvalue weighted by Gasteiger charge is 2.02. The third-order valence-corrected chi connectivity index (χ3v) is 2.42. The van der Waals surface area contributed by atoms with Crippen LogP contribution in [0.3, 0.4) is 0 Å². The van der Waals surface area contributed by atoms with Crippen molar-refractivity contribution in [3.63, 3.8) is 0 Å². The van der Waals surface area contributed by atoms with Gasteiger partial charge in [-0.3, -0.25) is 0 Å². The average Bonchev–Trinajstić information content (AvgIpc) is 2.30. The van der Waals surface area contributed by atoms with Gasteiger partial charge >= 0.3 is 0 Å². The summed E-state index contributed by atoms with van der Waals surface area (Å²) >= 11 is 0. The second-order valence-electron chi connectivity index (χ2n) is 3.82. The summed E-state index contributed by atoms with van der Waals surface area (Å²) < 4.78 is 5.03. The first-order valence-corrected chi connectivity index (χ1v) is 5.57. The van der Waals surface area contributed by atoms with Gasteiger partial charge in [-0.05, 0) is 31.2 Å². The molecule has 0 fully saturated rings. The standard InChI is InChI=1S/C12H21N3O/c1-13-10-11-5-6-14-12(9-11)15(2)7-4-8-16-3/h5-6,9,13H,4,7-8,10H2,1-3H3. The molecule has 0 aliphatic rings. The third kappa shape index (κ3) is 4.16. The van der Waals surface area contributed by atoms with E-state index in [9.17, 15) is 0 Å². The van der Waals surface area contributed by atoms with Crippen LogP contribution in [-0.2, 0) is 11.3 Å². The van der Waals surface area contributed by atoms with E-state index in [2.05, 4.69) is 28.3 Å². The molecule has 1 aromatic rings. The van der Waals surface area contributed by atoms with Crippen molar-refractivity contribution in [2.24, 2.45) is 0 Å². The fourth-order valence-electron chi connectivity index (χ4n) is 1.54. The van der Waals surface area contributed by atoms with Crippen LogP contribution in [0.25, 0.3) is 0 Å². The Kier molecular flexibility index (Phi) is 5.82. The fraction of sp³-hybridized carbons (Fsp3) is 0.583. The number of anilines is 1. The van der Waals surface area contributed by atoms with Gasteiger partial charge in [0.25, 0.3) is 0 Å². The maximum Gasteiger partial charge on any atom is 0.128 e. The number of pyridine rings is 1. The van der Waals surface area contributed by atoms with Gasteiger partial charge in [0.15, 0.2) is 0 Å². The zero-order valence-electron chi connectivity index (χ0n) is 10.4. The Hall–Kier alpha value is -1.13. The van der Waals surface area contributed by atoms with Gasteiger partial charge in [-0.15, -0.1) is 0 Å². The minimum Gasteiger partial charge on any atom is -0.385 e. The van der Waals surface area contributed by atoms with Gasteiger partial charge in [0.1, 0.15) is 5.82 Å². The summed E-state index contributed by atoms with van der Waals surface area (Å²) in [5.41, 5.74) is 1.26. The maximum atomic E-state index is 5.03. The van der Waals surface area contributed by atoms with Gasteiger partial charge in [-0.2, -0.15) is 0 Å². The molecule has 0 aromatic carbocycles. The minimum atomic E-state index is 0.792. The number of nitrogens with zero attached hydrogens (tertiary/aromatic N) is 2. The predicted molar refractivity (Wildman–Crippen MR) is 66.8 cm³/mol. The topological polar surface area (TPSA) is 37.4 Å². The van der Waals surface area contributed by atoms with Crippen LogP contribution in [0.1, 0.15) is 12.0 Å². The molecule has 4 nitrogen and oxygen atoms in total. The molecular formula is C12H21N3O. The van der Waals surface area contributed by atoms with E-state index in [4.69, 9.17) is 4.74 Å². The molecule has 0 spiro atoms. The first kappa shape index (κ1) is 12.9. The van der Waals surface area contributed by atoms with Crippen LogP contribution in [0.4, 0.5) is 5.82 Å². The summed E-state index contributed by atoms with van der Waals surface area (Å²) in [6, 6.07) is 4.15. The summed E-state index contributed by atoms with van der Waals surface area (Å²) in [5, 5.41) is 3.14. The second kappa shape index (κ2) is 7.19. The molecular weight excluding hydrogens is 202 g/mol. The van der Waals surface area contributed by atoms with Gasteiger partial charge in [0, 0.05) is 40.1 Å². The summed E-state index contributed by atoms with van der Waals surface area (Å²) in [5.74, 6) is 1.02. The van der Waals surface area contributed by atoms with E-state index >= 15 is 0 Å². The van der Waals surface area contributed by atoms with E-state index in [1.165, 1.54) is 5.56 Å². The first-order chi connectivity index (χ1) is 7.77. The van der Waals surface area contributed by atoms with E-state index in [0.29, 0.717) is 0 Å². The monoisotopic (exact) mass is 223 g/mol. The second-order valence-corrected chi connectivity index (χ2v) is 3.82. The van der Waals surface area contributed by atoms with Crippen LogP contribution in [0, 0.1) is 0 Å². The summed E-state index contributed by atoms with van der Waals surface area (Å²) in [6.45, 7) is 2.63. The molecule has 4 heteroatoms. The summed E-state index contributed by atoms with van der Waals surface area (Å²) in [7, 11) is 5.73. The number of nitrogens with one attached hydrogen (secondary N) is 1. The highest BCUT2D eigenvalue weighted by Crippen LogP contribution is 2.11. The molecule has 0 atom stereocenters. The lowest BCUT2D eigenvalue weighted by Crippen LogP contribution is -2.21. The van der Waals surface area contributed by atoms with Crippen molar-refractivity contribution in [3.05, 3.63) is 23.9 Å². The van der Waals surface area contributed by atoms with Crippen LogP contribution in [0.5, 0.6) is 0 Å². The minimum absolute atomic E-state index is 0.792. The number of hydrogen-bond donors (Lipinski definition) is 1. The number of hydrogen-bond acceptors (Lipinski definition) is 4. The van der Waals surface area contributed by atoms with E-state index in [1.54, 1.807) is 7.11 Å². The van der Waals surface area contributed by atoms with Crippen molar-refractivity contribution < 1.29 is 4.74 Å². The quantitative estimate of drug-likeness (QED) is 0.706. The molecule has 0 aliphatic carbocycles. The Morgan fingerprint density at radius 2 is 2.31 bits per heavy atom. The molecule has 0 aliphatic heterocycles. The van der Waals surface area contributed by atoms with Crippen LogP contribution in [0.15, 0.2) is 18.3 Å². The van der Waals surface area contributed by atoms with Crippen molar-refractivity contribution >= 4 is 5.82 Å². The Morgan fingerprint density at radius 3 is 3.00 bits per heavy atom. The van der Waals surface area contributed by atoms with Crippen molar-refractivity contribution in [2.45, 2.75) is 13.0 Å². The summed E-state index contributed by atoms with van der Waals surface area (Å²) in [4.78, 5) is 6.51. The van der Waals surface area contributed by atoms with E-state index in [0.717, 1.165) is 31.9 Å². The van der Waals surface area contributed by atoms with E-state index in [1.807, 2.05) is 19.3 Å².